The lowest BCUT2D eigenvalue weighted by Gasteiger charge is -2.15. The molecule has 0 atom stereocenters. The molecule has 0 amide bonds. The molecule has 5 nitrogen and oxygen atoms in total. The molecule has 0 radical (unpaired) electrons. The van der Waals surface area contributed by atoms with E-state index in [1.807, 2.05) is 0 Å². The van der Waals surface area contributed by atoms with Crippen LogP contribution in [0.3, 0.4) is 0 Å². The molecule has 6 heteroatoms. The Morgan fingerprint density at radius 1 is 1.25 bits per heavy atom. The number of ether oxygens (including phenoxy) is 1. The molecule has 24 heavy (non-hydrogen) atoms. The summed E-state index contributed by atoms with van der Waals surface area (Å²) in [6.07, 6.45) is 2.67. The van der Waals surface area contributed by atoms with Gasteiger partial charge in [0.25, 0.3) is 0 Å². The van der Waals surface area contributed by atoms with Crippen LogP contribution in [0.5, 0.6) is 5.75 Å². The third-order valence-corrected chi connectivity index (χ3v) is 3.63. The van der Waals surface area contributed by atoms with Crippen LogP contribution in [0.25, 0.3) is 0 Å². The van der Waals surface area contributed by atoms with Gasteiger partial charge in [-0.25, -0.2) is 4.39 Å². The second-order valence-corrected chi connectivity index (χ2v) is 5.38. The molecule has 0 bridgehead atoms. The zero-order chi connectivity index (χ0) is 17.5. The molecule has 0 saturated carbocycles. The summed E-state index contributed by atoms with van der Waals surface area (Å²) < 4.78 is 19.6. The average molecular weight is 333 g/mol. The van der Waals surface area contributed by atoms with Gasteiger partial charge in [-0.2, -0.15) is 0 Å². The Labute approximate surface area is 139 Å². The van der Waals surface area contributed by atoms with Crippen molar-refractivity contribution < 1.29 is 19.0 Å². The summed E-state index contributed by atoms with van der Waals surface area (Å²) in [5.41, 5.74) is 0.753. The van der Waals surface area contributed by atoms with E-state index in [2.05, 4.69) is 0 Å². The maximum atomic E-state index is 13.0. The first-order valence-electron chi connectivity index (χ1n) is 7.82. The first kappa shape index (κ1) is 17.7. The van der Waals surface area contributed by atoms with Crippen molar-refractivity contribution >= 4 is 5.97 Å². The number of pyridine rings is 1. The molecule has 0 spiro atoms. The fraction of sp³-hybridized carbons (Fsp3) is 0.333. The summed E-state index contributed by atoms with van der Waals surface area (Å²) in [5, 5.41) is 10.1. The molecule has 0 fully saturated rings. The van der Waals surface area contributed by atoms with E-state index < -0.39 is 5.43 Å². The molecule has 0 saturated heterocycles. The van der Waals surface area contributed by atoms with Gasteiger partial charge >= 0.3 is 5.97 Å². The Hall–Kier alpha value is -2.63. The fourth-order valence-corrected chi connectivity index (χ4v) is 2.42. The molecule has 1 aromatic heterocycles. The van der Waals surface area contributed by atoms with Gasteiger partial charge in [0.15, 0.2) is 5.75 Å². The van der Waals surface area contributed by atoms with Gasteiger partial charge in [0, 0.05) is 31.6 Å². The van der Waals surface area contributed by atoms with Crippen molar-refractivity contribution in [3.8, 4) is 5.75 Å². The van der Waals surface area contributed by atoms with E-state index in [1.54, 1.807) is 29.8 Å². The van der Waals surface area contributed by atoms with E-state index in [0.29, 0.717) is 31.7 Å². The van der Waals surface area contributed by atoms with Gasteiger partial charge < -0.3 is 14.4 Å². The molecule has 2 aromatic rings. The van der Waals surface area contributed by atoms with Crippen molar-refractivity contribution in [1.82, 2.24) is 4.57 Å². The third kappa shape index (κ3) is 4.68. The van der Waals surface area contributed by atoms with E-state index in [-0.39, 0.29) is 24.0 Å². The van der Waals surface area contributed by atoms with Crippen LogP contribution < -0.4 is 5.43 Å². The summed E-state index contributed by atoms with van der Waals surface area (Å²) in [6.45, 7) is 2.55. The second-order valence-electron chi connectivity index (χ2n) is 5.38. The normalized spacial score (nSPS) is 10.6. The van der Waals surface area contributed by atoms with Gasteiger partial charge in [0.2, 0.25) is 5.43 Å². The van der Waals surface area contributed by atoms with Gasteiger partial charge in [-0.3, -0.25) is 9.59 Å². The number of aryl methyl sites for hydroxylation is 1. The zero-order valence-electron chi connectivity index (χ0n) is 13.5. The van der Waals surface area contributed by atoms with Crippen LogP contribution >= 0.6 is 0 Å². The Balaban J connectivity index is 2.16. The third-order valence-electron chi connectivity index (χ3n) is 3.63. The zero-order valence-corrected chi connectivity index (χ0v) is 13.5. The largest absolute Gasteiger partial charge is 0.503 e. The monoisotopic (exact) mass is 333 g/mol. The Bertz CT molecular complexity index is 753. The Morgan fingerprint density at radius 3 is 2.62 bits per heavy atom. The van der Waals surface area contributed by atoms with Crippen molar-refractivity contribution in [3.05, 3.63) is 63.8 Å². The van der Waals surface area contributed by atoms with Gasteiger partial charge in [-0.15, -0.1) is 0 Å². The van der Waals surface area contributed by atoms with Crippen molar-refractivity contribution in [2.45, 2.75) is 32.7 Å². The van der Waals surface area contributed by atoms with Crippen LogP contribution in [-0.2, 0) is 22.5 Å². The van der Waals surface area contributed by atoms with Crippen LogP contribution in [0.2, 0.25) is 0 Å². The Morgan fingerprint density at radius 2 is 1.96 bits per heavy atom. The molecule has 1 N–H and O–H groups in total. The lowest BCUT2D eigenvalue weighted by molar-refractivity contribution is -0.143. The summed E-state index contributed by atoms with van der Waals surface area (Å²) in [5.74, 6) is -0.941. The van der Waals surface area contributed by atoms with Gasteiger partial charge in [0.05, 0.1) is 12.3 Å². The van der Waals surface area contributed by atoms with Crippen molar-refractivity contribution in [2.24, 2.45) is 0 Å². The molecule has 0 aliphatic rings. The molecule has 2 rings (SSSR count). The number of hydrogen-bond donors (Lipinski definition) is 1. The molecule has 0 aliphatic carbocycles. The van der Waals surface area contributed by atoms with Crippen LogP contribution in [0.4, 0.5) is 4.39 Å². The molecular weight excluding hydrogens is 313 g/mol. The van der Waals surface area contributed by atoms with Crippen LogP contribution in [0.1, 0.15) is 31.0 Å². The van der Waals surface area contributed by atoms with E-state index in [4.69, 9.17) is 4.74 Å². The van der Waals surface area contributed by atoms with E-state index in [0.717, 1.165) is 5.56 Å². The Kier molecular flexibility index (Phi) is 6.12. The predicted molar refractivity (Wildman–Crippen MR) is 87.4 cm³/mol. The SMILES string of the molecule is CCOC(=O)CCCn1ccc(=O)c(O)c1Cc1ccc(F)cc1. The van der Waals surface area contributed by atoms with E-state index in [1.165, 1.54) is 18.2 Å². The van der Waals surface area contributed by atoms with Crippen LogP contribution in [0, 0.1) is 5.82 Å². The first-order chi connectivity index (χ1) is 11.5. The standard InChI is InChI=1S/C18H20FNO4/c1-2-24-17(22)4-3-10-20-11-9-16(21)18(23)15(20)12-13-5-7-14(19)8-6-13/h5-9,11,23H,2-4,10,12H2,1H3. The van der Waals surface area contributed by atoms with E-state index in [9.17, 15) is 19.1 Å². The number of carbonyl (C=O) groups excluding carboxylic acids is 1. The van der Waals surface area contributed by atoms with Crippen molar-refractivity contribution in [3.63, 3.8) is 0 Å². The highest BCUT2D eigenvalue weighted by Gasteiger charge is 2.12. The van der Waals surface area contributed by atoms with Crippen molar-refractivity contribution in [1.29, 1.82) is 0 Å². The highest BCUT2D eigenvalue weighted by Crippen LogP contribution is 2.18. The number of halogens is 1. The fourth-order valence-electron chi connectivity index (χ4n) is 2.42. The maximum Gasteiger partial charge on any atom is 0.305 e. The topological polar surface area (TPSA) is 68.5 Å². The number of nitrogens with zero attached hydrogens (tertiary/aromatic N) is 1. The minimum absolute atomic E-state index is 0.261. The lowest BCUT2D eigenvalue weighted by atomic mass is 10.1. The molecule has 1 aromatic carbocycles. The highest BCUT2D eigenvalue weighted by atomic mass is 19.1. The lowest BCUT2D eigenvalue weighted by Crippen LogP contribution is -2.14. The van der Waals surface area contributed by atoms with Gasteiger partial charge in [-0.05, 0) is 31.0 Å². The molecule has 128 valence electrons. The number of esters is 1. The van der Waals surface area contributed by atoms with E-state index >= 15 is 0 Å². The minimum atomic E-state index is -0.464. The van der Waals surface area contributed by atoms with Gasteiger partial charge in [0.1, 0.15) is 5.82 Å². The summed E-state index contributed by atoms with van der Waals surface area (Å²) in [6, 6.07) is 7.16. The smallest absolute Gasteiger partial charge is 0.305 e. The molecule has 0 aliphatic heterocycles. The average Bonchev–Trinajstić information content (AvgIpc) is 2.56. The number of rotatable bonds is 7. The number of benzene rings is 1. The van der Waals surface area contributed by atoms with Crippen LogP contribution in [-0.4, -0.2) is 22.2 Å². The first-order valence-corrected chi connectivity index (χ1v) is 7.82. The van der Waals surface area contributed by atoms with Crippen molar-refractivity contribution in [2.75, 3.05) is 6.61 Å². The maximum absolute atomic E-state index is 13.0. The number of carbonyl (C=O) groups is 1. The number of aromatic nitrogens is 1. The predicted octanol–water partition coefficient (Wildman–Crippen LogP) is 2.63. The summed E-state index contributed by atoms with van der Waals surface area (Å²) >= 11 is 0. The second kappa shape index (κ2) is 8.29. The summed E-state index contributed by atoms with van der Waals surface area (Å²) in [4.78, 5) is 23.1. The number of hydrogen-bond acceptors (Lipinski definition) is 4. The minimum Gasteiger partial charge on any atom is -0.503 e. The molecule has 0 unspecified atom stereocenters. The highest BCUT2D eigenvalue weighted by molar-refractivity contribution is 5.69. The molecule has 1 heterocycles. The number of aromatic hydroxyl groups is 1. The molecular formula is C18H20FNO4. The van der Waals surface area contributed by atoms with Crippen LogP contribution in [0.15, 0.2) is 41.3 Å². The summed E-state index contributed by atoms with van der Waals surface area (Å²) in [7, 11) is 0. The van der Waals surface area contributed by atoms with Gasteiger partial charge in [-0.1, -0.05) is 12.1 Å². The quantitative estimate of drug-likeness (QED) is 0.791.